The van der Waals surface area contributed by atoms with Crippen LogP contribution in [-0.2, 0) is 6.42 Å². The molecule has 3 rings (SSSR count). The third-order valence-electron chi connectivity index (χ3n) is 3.39. The van der Waals surface area contributed by atoms with E-state index in [1.807, 2.05) is 6.07 Å². The van der Waals surface area contributed by atoms with Crippen molar-refractivity contribution in [3.05, 3.63) is 40.7 Å². The van der Waals surface area contributed by atoms with Crippen LogP contribution in [0.1, 0.15) is 28.9 Å². The number of nitrogens with zero attached hydrogens (tertiary/aromatic N) is 2. The number of rotatable bonds is 2. The number of hydrogen-bond donors (Lipinski definition) is 0. The number of ketones is 1. The summed E-state index contributed by atoms with van der Waals surface area (Å²) in [5.41, 5.74) is 2.24. The van der Waals surface area contributed by atoms with Crippen molar-refractivity contribution >= 4 is 17.4 Å². The molecule has 0 aliphatic heterocycles. The first-order chi connectivity index (χ1) is 9.69. The summed E-state index contributed by atoms with van der Waals surface area (Å²) in [4.78, 5) is 20.6. The van der Waals surface area contributed by atoms with Gasteiger partial charge in [-0.2, -0.15) is 0 Å². The number of aromatic nitrogens is 2. The Labute approximate surface area is 121 Å². The summed E-state index contributed by atoms with van der Waals surface area (Å²) in [6.07, 6.45) is 3.86. The highest BCUT2D eigenvalue weighted by atomic mass is 35.5. The fourth-order valence-corrected chi connectivity index (χ4v) is 2.53. The third-order valence-corrected chi connectivity index (χ3v) is 3.63. The quantitative estimate of drug-likeness (QED) is 0.850. The number of aryl methyl sites for hydroxylation is 1. The number of benzene rings is 1. The van der Waals surface area contributed by atoms with E-state index in [0.717, 1.165) is 24.1 Å². The maximum Gasteiger partial charge on any atom is 0.166 e. The molecule has 0 atom stereocenters. The van der Waals surface area contributed by atoms with Crippen LogP contribution < -0.4 is 4.74 Å². The van der Waals surface area contributed by atoms with Crippen LogP contribution in [-0.4, -0.2) is 22.9 Å². The van der Waals surface area contributed by atoms with Gasteiger partial charge in [0.2, 0.25) is 0 Å². The monoisotopic (exact) mass is 288 g/mol. The fraction of sp³-hybridized carbons (Fsp3) is 0.267. The van der Waals surface area contributed by atoms with Crippen molar-refractivity contribution in [2.45, 2.75) is 19.3 Å². The van der Waals surface area contributed by atoms with Gasteiger partial charge in [-0.05, 0) is 31.0 Å². The standard InChI is InChI=1S/C15H13ClN2O2/c1-20-14-7-9(16)5-6-10(14)15-17-8-11-12(18-15)3-2-4-13(11)19/h5-8H,2-4H2,1H3. The van der Waals surface area contributed by atoms with Gasteiger partial charge in [-0.25, -0.2) is 9.97 Å². The van der Waals surface area contributed by atoms with Crippen LogP contribution >= 0.6 is 11.6 Å². The third kappa shape index (κ3) is 2.27. The molecule has 0 spiro atoms. The Kier molecular flexibility index (Phi) is 3.40. The Morgan fingerprint density at radius 3 is 2.90 bits per heavy atom. The molecule has 0 N–H and O–H groups in total. The lowest BCUT2D eigenvalue weighted by molar-refractivity contribution is 0.0971. The normalized spacial score (nSPS) is 14.0. The molecule has 1 heterocycles. The average Bonchev–Trinajstić information content (AvgIpc) is 2.47. The van der Waals surface area contributed by atoms with Crippen molar-refractivity contribution in [1.29, 1.82) is 0 Å². The minimum Gasteiger partial charge on any atom is -0.496 e. The molecule has 102 valence electrons. The maximum absolute atomic E-state index is 11.8. The number of ether oxygens (including phenoxy) is 1. The van der Waals surface area contributed by atoms with Gasteiger partial charge < -0.3 is 4.74 Å². The van der Waals surface area contributed by atoms with Crippen LogP contribution in [0.2, 0.25) is 5.02 Å². The van der Waals surface area contributed by atoms with Gasteiger partial charge >= 0.3 is 0 Å². The number of carbonyl (C=O) groups is 1. The van der Waals surface area contributed by atoms with Crippen LogP contribution in [0.15, 0.2) is 24.4 Å². The highest BCUT2D eigenvalue weighted by Crippen LogP contribution is 2.31. The minimum absolute atomic E-state index is 0.126. The van der Waals surface area contributed by atoms with E-state index in [9.17, 15) is 4.79 Å². The molecule has 0 radical (unpaired) electrons. The first kappa shape index (κ1) is 13.1. The number of carbonyl (C=O) groups excluding carboxylic acids is 1. The number of halogens is 1. The van der Waals surface area contributed by atoms with Crippen molar-refractivity contribution in [1.82, 2.24) is 9.97 Å². The maximum atomic E-state index is 11.8. The van der Waals surface area contributed by atoms with E-state index in [0.29, 0.717) is 28.6 Å². The molecule has 20 heavy (non-hydrogen) atoms. The lowest BCUT2D eigenvalue weighted by Crippen LogP contribution is -2.13. The van der Waals surface area contributed by atoms with Gasteiger partial charge in [-0.15, -0.1) is 0 Å². The van der Waals surface area contributed by atoms with Crippen LogP contribution in [0.5, 0.6) is 5.75 Å². The van der Waals surface area contributed by atoms with Crippen molar-refractivity contribution in [3.63, 3.8) is 0 Å². The topological polar surface area (TPSA) is 52.1 Å². The number of methoxy groups -OCH3 is 1. The van der Waals surface area contributed by atoms with Gasteiger partial charge in [0.05, 0.1) is 23.9 Å². The number of Topliss-reactive ketones (excluding diaryl/α,β-unsaturated/α-hetero) is 1. The van der Waals surface area contributed by atoms with Gasteiger partial charge in [-0.3, -0.25) is 4.79 Å². The molecule has 4 nitrogen and oxygen atoms in total. The van der Waals surface area contributed by atoms with E-state index in [-0.39, 0.29) is 5.78 Å². The van der Waals surface area contributed by atoms with Gasteiger partial charge in [0.1, 0.15) is 5.75 Å². The van der Waals surface area contributed by atoms with Crippen molar-refractivity contribution in [2.75, 3.05) is 7.11 Å². The predicted octanol–water partition coefficient (Wildman–Crippen LogP) is 3.32. The van der Waals surface area contributed by atoms with E-state index in [2.05, 4.69) is 9.97 Å². The summed E-state index contributed by atoms with van der Waals surface area (Å²) >= 11 is 5.95. The van der Waals surface area contributed by atoms with Gasteiger partial charge in [-0.1, -0.05) is 11.6 Å². The summed E-state index contributed by atoms with van der Waals surface area (Å²) in [7, 11) is 1.58. The van der Waals surface area contributed by atoms with Crippen molar-refractivity contribution in [2.24, 2.45) is 0 Å². The molecule has 0 fully saturated rings. The molecule has 1 aliphatic carbocycles. The Balaban J connectivity index is 2.09. The molecular weight excluding hydrogens is 276 g/mol. The largest absolute Gasteiger partial charge is 0.496 e. The zero-order valence-electron chi connectivity index (χ0n) is 11.0. The van der Waals surface area contributed by atoms with E-state index in [1.54, 1.807) is 25.4 Å². The zero-order chi connectivity index (χ0) is 14.1. The lowest BCUT2D eigenvalue weighted by atomic mass is 9.96. The lowest BCUT2D eigenvalue weighted by Gasteiger charge is -2.14. The zero-order valence-corrected chi connectivity index (χ0v) is 11.8. The Morgan fingerprint density at radius 1 is 1.25 bits per heavy atom. The summed E-state index contributed by atoms with van der Waals surface area (Å²) in [6, 6.07) is 5.33. The molecule has 0 saturated heterocycles. The first-order valence-corrected chi connectivity index (χ1v) is 6.80. The van der Waals surface area contributed by atoms with E-state index in [1.165, 1.54) is 0 Å². The average molecular weight is 289 g/mol. The Morgan fingerprint density at radius 2 is 2.10 bits per heavy atom. The molecule has 0 unspecified atom stereocenters. The molecule has 1 aromatic carbocycles. The van der Waals surface area contributed by atoms with Gasteiger partial charge in [0.15, 0.2) is 11.6 Å². The summed E-state index contributed by atoms with van der Waals surface area (Å²) in [6.45, 7) is 0. The smallest absolute Gasteiger partial charge is 0.166 e. The van der Waals surface area contributed by atoms with E-state index in [4.69, 9.17) is 16.3 Å². The summed E-state index contributed by atoms with van der Waals surface area (Å²) < 4.78 is 5.31. The van der Waals surface area contributed by atoms with E-state index >= 15 is 0 Å². The second-order valence-electron chi connectivity index (χ2n) is 4.68. The van der Waals surface area contributed by atoms with Crippen LogP contribution in [0.4, 0.5) is 0 Å². The second-order valence-corrected chi connectivity index (χ2v) is 5.11. The second kappa shape index (κ2) is 5.21. The SMILES string of the molecule is COc1cc(Cl)ccc1-c1ncc2c(n1)CCCC2=O. The highest BCUT2D eigenvalue weighted by Gasteiger charge is 2.20. The molecule has 1 aliphatic rings. The van der Waals surface area contributed by atoms with Crippen molar-refractivity contribution in [3.8, 4) is 17.1 Å². The molecule has 1 aromatic heterocycles. The van der Waals surface area contributed by atoms with Crippen molar-refractivity contribution < 1.29 is 9.53 Å². The molecule has 0 saturated carbocycles. The number of fused-ring (bicyclic) bond motifs is 1. The Hall–Kier alpha value is -1.94. The summed E-state index contributed by atoms with van der Waals surface area (Å²) in [5, 5.41) is 0.596. The molecule has 0 bridgehead atoms. The highest BCUT2D eigenvalue weighted by molar-refractivity contribution is 6.30. The molecule has 2 aromatic rings. The number of hydrogen-bond acceptors (Lipinski definition) is 4. The molecule has 5 heteroatoms. The van der Waals surface area contributed by atoms with Gasteiger partial charge in [0.25, 0.3) is 0 Å². The molecular formula is C15H13ClN2O2. The van der Waals surface area contributed by atoms with E-state index < -0.39 is 0 Å². The minimum atomic E-state index is 0.126. The predicted molar refractivity (Wildman–Crippen MR) is 76.3 cm³/mol. The van der Waals surface area contributed by atoms with Crippen LogP contribution in [0.3, 0.4) is 0 Å². The molecule has 0 amide bonds. The first-order valence-electron chi connectivity index (χ1n) is 6.42. The fourth-order valence-electron chi connectivity index (χ4n) is 2.37. The Bertz CT molecular complexity index is 686. The van der Waals surface area contributed by atoms with Crippen LogP contribution in [0, 0.1) is 0 Å². The van der Waals surface area contributed by atoms with Crippen LogP contribution in [0.25, 0.3) is 11.4 Å². The summed E-state index contributed by atoms with van der Waals surface area (Å²) in [5.74, 6) is 1.31. The van der Waals surface area contributed by atoms with Gasteiger partial charge in [0, 0.05) is 17.6 Å².